The SMILES string of the molecule is CNC(=O)c1cc(Oc2ccc3ccc(Nc4cc(Br)ccc4O)nc3c2)ccn1. The smallest absolute Gasteiger partial charge is 0.269 e. The summed E-state index contributed by atoms with van der Waals surface area (Å²) in [5, 5.41) is 16.6. The first-order valence-electron chi connectivity index (χ1n) is 9.04. The maximum atomic E-state index is 11.8. The third-order valence-electron chi connectivity index (χ3n) is 4.31. The molecular weight excluding hydrogens is 448 g/mol. The van der Waals surface area contributed by atoms with Gasteiger partial charge in [-0.05, 0) is 48.5 Å². The zero-order valence-corrected chi connectivity index (χ0v) is 17.5. The minimum atomic E-state index is -0.285. The first-order chi connectivity index (χ1) is 14.5. The van der Waals surface area contributed by atoms with Gasteiger partial charge >= 0.3 is 0 Å². The number of carbonyl (C=O) groups excluding carboxylic acids is 1. The van der Waals surface area contributed by atoms with Crippen LogP contribution in [0.5, 0.6) is 17.2 Å². The number of aromatic nitrogens is 2. The number of phenolic OH excluding ortho intramolecular Hbond substituents is 1. The maximum Gasteiger partial charge on any atom is 0.269 e. The lowest BCUT2D eigenvalue weighted by molar-refractivity contribution is 0.0958. The fourth-order valence-corrected chi connectivity index (χ4v) is 3.20. The molecule has 0 atom stereocenters. The van der Waals surface area contributed by atoms with Crippen molar-refractivity contribution in [2.24, 2.45) is 0 Å². The minimum absolute atomic E-state index is 0.127. The standard InChI is InChI=1S/C22H17BrN4O3/c1-24-22(29)19-12-16(8-9-25-19)30-15-5-2-13-3-7-21(26-17(13)11-15)27-18-10-14(23)4-6-20(18)28/h2-12,28H,1H3,(H,24,29)(H,26,27). The van der Waals surface area contributed by atoms with Crippen molar-refractivity contribution in [1.82, 2.24) is 15.3 Å². The molecule has 0 radical (unpaired) electrons. The fraction of sp³-hybridized carbons (Fsp3) is 0.0455. The topological polar surface area (TPSA) is 96.4 Å². The average molecular weight is 465 g/mol. The normalized spacial score (nSPS) is 10.6. The van der Waals surface area contributed by atoms with E-state index in [4.69, 9.17) is 4.74 Å². The number of hydrogen-bond donors (Lipinski definition) is 3. The lowest BCUT2D eigenvalue weighted by Gasteiger charge is -2.10. The molecule has 7 nitrogen and oxygen atoms in total. The van der Waals surface area contributed by atoms with E-state index in [9.17, 15) is 9.90 Å². The molecular formula is C22H17BrN4O3. The molecule has 0 saturated heterocycles. The number of anilines is 2. The quantitative estimate of drug-likeness (QED) is 0.360. The van der Waals surface area contributed by atoms with Crippen molar-refractivity contribution in [1.29, 1.82) is 0 Å². The second-order valence-corrected chi connectivity index (χ2v) is 7.31. The second-order valence-electron chi connectivity index (χ2n) is 6.40. The molecule has 4 rings (SSSR count). The molecule has 3 N–H and O–H groups in total. The number of benzene rings is 2. The number of fused-ring (bicyclic) bond motifs is 1. The molecule has 1 amide bonds. The van der Waals surface area contributed by atoms with Crippen LogP contribution in [0.15, 0.2) is 71.3 Å². The highest BCUT2D eigenvalue weighted by atomic mass is 79.9. The van der Waals surface area contributed by atoms with Gasteiger partial charge < -0.3 is 20.5 Å². The van der Waals surface area contributed by atoms with E-state index >= 15 is 0 Å². The number of carbonyl (C=O) groups is 1. The number of hydrogen-bond acceptors (Lipinski definition) is 6. The van der Waals surface area contributed by atoms with Crippen LogP contribution in [-0.4, -0.2) is 28.0 Å². The molecule has 0 fully saturated rings. The van der Waals surface area contributed by atoms with E-state index in [-0.39, 0.29) is 17.4 Å². The van der Waals surface area contributed by atoms with Gasteiger partial charge in [0.25, 0.3) is 5.91 Å². The highest BCUT2D eigenvalue weighted by molar-refractivity contribution is 9.10. The summed E-state index contributed by atoms with van der Waals surface area (Å²) < 4.78 is 6.73. The zero-order valence-electron chi connectivity index (χ0n) is 15.9. The van der Waals surface area contributed by atoms with Crippen LogP contribution in [0.4, 0.5) is 11.5 Å². The highest BCUT2D eigenvalue weighted by Gasteiger charge is 2.08. The number of aromatic hydroxyl groups is 1. The Balaban J connectivity index is 1.60. The Morgan fingerprint density at radius 3 is 2.67 bits per heavy atom. The molecule has 0 saturated carbocycles. The van der Waals surface area contributed by atoms with Crippen molar-refractivity contribution in [2.45, 2.75) is 0 Å². The van der Waals surface area contributed by atoms with Crippen molar-refractivity contribution in [3.05, 3.63) is 77.0 Å². The van der Waals surface area contributed by atoms with Crippen LogP contribution < -0.4 is 15.4 Å². The summed E-state index contributed by atoms with van der Waals surface area (Å²) in [5.74, 6) is 1.50. The number of halogens is 1. The van der Waals surface area contributed by atoms with Gasteiger partial charge in [0, 0.05) is 35.2 Å². The summed E-state index contributed by atoms with van der Waals surface area (Å²) in [6.07, 6.45) is 1.52. The van der Waals surface area contributed by atoms with Gasteiger partial charge in [0.2, 0.25) is 0 Å². The van der Waals surface area contributed by atoms with Gasteiger partial charge in [0.05, 0.1) is 11.2 Å². The van der Waals surface area contributed by atoms with Crippen LogP contribution in [0.1, 0.15) is 10.5 Å². The van der Waals surface area contributed by atoms with Crippen LogP contribution in [0, 0.1) is 0 Å². The van der Waals surface area contributed by atoms with Crippen molar-refractivity contribution in [2.75, 3.05) is 12.4 Å². The second kappa shape index (κ2) is 8.38. The van der Waals surface area contributed by atoms with Gasteiger partial charge in [-0.3, -0.25) is 9.78 Å². The molecule has 8 heteroatoms. The van der Waals surface area contributed by atoms with Gasteiger partial charge in [-0.1, -0.05) is 15.9 Å². The Bertz CT molecular complexity index is 1250. The Hall–Kier alpha value is -3.65. The van der Waals surface area contributed by atoms with E-state index < -0.39 is 0 Å². The minimum Gasteiger partial charge on any atom is -0.506 e. The molecule has 2 aromatic carbocycles. The fourth-order valence-electron chi connectivity index (χ4n) is 2.84. The van der Waals surface area contributed by atoms with Gasteiger partial charge in [-0.25, -0.2) is 4.98 Å². The van der Waals surface area contributed by atoms with Gasteiger partial charge in [-0.15, -0.1) is 0 Å². The van der Waals surface area contributed by atoms with Crippen LogP contribution >= 0.6 is 15.9 Å². The van der Waals surface area contributed by atoms with Gasteiger partial charge in [0.1, 0.15) is 28.8 Å². The largest absolute Gasteiger partial charge is 0.506 e. The van der Waals surface area contributed by atoms with E-state index in [2.05, 4.69) is 36.5 Å². The van der Waals surface area contributed by atoms with Crippen LogP contribution in [0.2, 0.25) is 0 Å². The zero-order chi connectivity index (χ0) is 21.1. The third-order valence-corrected chi connectivity index (χ3v) is 4.80. The number of amides is 1. The Morgan fingerprint density at radius 2 is 1.83 bits per heavy atom. The molecule has 150 valence electrons. The Labute approximate surface area is 180 Å². The van der Waals surface area contributed by atoms with E-state index in [0.29, 0.717) is 28.5 Å². The number of nitrogens with one attached hydrogen (secondary N) is 2. The predicted octanol–water partition coefficient (Wildman–Crippen LogP) is 4.99. The van der Waals surface area contributed by atoms with Crippen molar-refractivity contribution in [3.8, 4) is 17.2 Å². The monoisotopic (exact) mass is 464 g/mol. The van der Waals surface area contributed by atoms with Crippen molar-refractivity contribution in [3.63, 3.8) is 0 Å². The molecule has 0 aliphatic rings. The number of phenols is 1. The number of ether oxygens (including phenoxy) is 1. The highest BCUT2D eigenvalue weighted by Crippen LogP contribution is 2.31. The lowest BCUT2D eigenvalue weighted by Crippen LogP contribution is -2.18. The molecule has 0 bridgehead atoms. The lowest BCUT2D eigenvalue weighted by atomic mass is 10.2. The van der Waals surface area contributed by atoms with Gasteiger partial charge in [0.15, 0.2) is 0 Å². The summed E-state index contributed by atoms with van der Waals surface area (Å²) in [5.41, 5.74) is 1.53. The van der Waals surface area contributed by atoms with Crippen molar-refractivity contribution >= 4 is 44.2 Å². The van der Waals surface area contributed by atoms with E-state index in [1.54, 1.807) is 43.4 Å². The number of nitrogens with zero attached hydrogens (tertiary/aromatic N) is 2. The first kappa shape index (κ1) is 19.7. The third kappa shape index (κ3) is 4.33. The molecule has 2 aromatic heterocycles. The summed E-state index contributed by atoms with van der Waals surface area (Å²) >= 11 is 3.39. The number of rotatable bonds is 5. The molecule has 4 aromatic rings. The summed E-state index contributed by atoms with van der Waals surface area (Å²) in [4.78, 5) is 20.4. The van der Waals surface area contributed by atoms with Crippen LogP contribution in [0.25, 0.3) is 10.9 Å². The maximum absolute atomic E-state index is 11.8. The van der Waals surface area contributed by atoms with Crippen molar-refractivity contribution < 1.29 is 14.6 Å². The molecule has 0 aliphatic heterocycles. The molecule has 0 aliphatic carbocycles. The van der Waals surface area contributed by atoms with Crippen LogP contribution in [0.3, 0.4) is 0 Å². The Morgan fingerprint density at radius 1 is 1.03 bits per heavy atom. The summed E-state index contributed by atoms with van der Waals surface area (Å²) in [7, 11) is 1.55. The molecule has 2 heterocycles. The molecule has 30 heavy (non-hydrogen) atoms. The first-order valence-corrected chi connectivity index (χ1v) is 9.83. The molecule has 0 unspecified atom stereocenters. The predicted molar refractivity (Wildman–Crippen MR) is 119 cm³/mol. The average Bonchev–Trinajstić information content (AvgIpc) is 2.75. The van der Waals surface area contributed by atoms with E-state index in [1.165, 1.54) is 6.20 Å². The van der Waals surface area contributed by atoms with Crippen LogP contribution in [-0.2, 0) is 0 Å². The summed E-state index contributed by atoms with van der Waals surface area (Å²) in [6, 6.07) is 17.7. The van der Waals surface area contributed by atoms with E-state index in [1.807, 2.05) is 24.3 Å². The Kier molecular flexibility index (Phi) is 5.49. The number of pyridine rings is 2. The van der Waals surface area contributed by atoms with E-state index in [0.717, 1.165) is 9.86 Å². The molecule has 0 spiro atoms. The van der Waals surface area contributed by atoms with Gasteiger partial charge in [-0.2, -0.15) is 0 Å². The summed E-state index contributed by atoms with van der Waals surface area (Å²) in [6.45, 7) is 0.